The minimum atomic E-state index is 0.321. The van der Waals surface area contributed by atoms with E-state index in [1.807, 2.05) is 6.92 Å². The summed E-state index contributed by atoms with van der Waals surface area (Å²) in [6.07, 6.45) is 1.40. The molecule has 0 aliphatic heterocycles. The average molecular weight is 218 g/mol. The van der Waals surface area contributed by atoms with E-state index < -0.39 is 0 Å². The van der Waals surface area contributed by atoms with Gasteiger partial charge in [0.25, 0.3) is 0 Å². The Kier molecular flexibility index (Phi) is 2.70. The first-order valence-corrected chi connectivity index (χ1v) is 4.05. The van der Waals surface area contributed by atoms with Crippen LogP contribution in [0.3, 0.4) is 0 Å². The van der Waals surface area contributed by atoms with Gasteiger partial charge >= 0.3 is 5.88 Å². The molecule has 0 spiro atoms. The van der Waals surface area contributed by atoms with Crippen LogP contribution < -0.4 is 9.47 Å². The van der Waals surface area contributed by atoms with Crippen molar-refractivity contribution in [3.8, 4) is 5.88 Å². The molecule has 4 heteroatoms. The number of rotatable bonds is 2. The van der Waals surface area contributed by atoms with E-state index in [1.165, 1.54) is 6.20 Å². The second-order valence-electron chi connectivity index (χ2n) is 1.94. The van der Waals surface area contributed by atoms with Crippen LogP contribution in [-0.4, -0.2) is 6.61 Å². The van der Waals surface area contributed by atoms with Gasteiger partial charge in [0.05, 0.1) is 12.7 Å². The zero-order chi connectivity index (χ0) is 8.27. The SMILES string of the molecule is CCOc1cc(Br)cc[n+]1[O-]. The summed E-state index contributed by atoms with van der Waals surface area (Å²) in [5, 5.41) is 10.9. The summed E-state index contributed by atoms with van der Waals surface area (Å²) in [7, 11) is 0. The molecular formula is C7H8BrNO2. The van der Waals surface area contributed by atoms with Crippen LogP contribution in [0.5, 0.6) is 5.88 Å². The van der Waals surface area contributed by atoms with E-state index in [0.29, 0.717) is 17.2 Å². The van der Waals surface area contributed by atoms with E-state index in [2.05, 4.69) is 15.9 Å². The molecule has 0 N–H and O–H groups in total. The van der Waals surface area contributed by atoms with Crippen molar-refractivity contribution in [2.24, 2.45) is 0 Å². The van der Waals surface area contributed by atoms with Crippen molar-refractivity contribution in [1.29, 1.82) is 0 Å². The zero-order valence-electron chi connectivity index (χ0n) is 6.08. The first kappa shape index (κ1) is 8.33. The molecule has 11 heavy (non-hydrogen) atoms. The van der Waals surface area contributed by atoms with Gasteiger partial charge in [0.15, 0.2) is 6.20 Å². The topological polar surface area (TPSA) is 36.2 Å². The summed E-state index contributed by atoms with van der Waals surface area (Å²) >= 11 is 3.23. The quantitative estimate of drug-likeness (QED) is 0.556. The summed E-state index contributed by atoms with van der Waals surface area (Å²) in [6.45, 7) is 2.33. The standard InChI is InChI=1S/C7H8BrNO2/c1-2-11-7-5-6(8)3-4-9(7)10/h3-5H,2H2,1H3. The highest BCUT2D eigenvalue weighted by Gasteiger charge is 2.04. The van der Waals surface area contributed by atoms with Crippen molar-refractivity contribution in [1.82, 2.24) is 0 Å². The number of pyridine rings is 1. The lowest BCUT2D eigenvalue weighted by atomic mass is 10.5. The van der Waals surface area contributed by atoms with E-state index in [1.54, 1.807) is 12.1 Å². The van der Waals surface area contributed by atoms with Gasteiger partial charge < -0.3 is 9.94 Å². The minimum Gasteiger partial charge on any atom is -0.616 e. The fourth-order valence-electron chi connectivity index (χ4n) is 0.695. The molecule has 0 aliphatic carbocycles. The monoisotopic (exact) mass is 217 g/mol. The van der Waals surface area contributed by atoms with Crippen LogP contribution >= 0.6 is 15.9 Å². The van der Waals surface area contributed by atoms with Gasteiger partial charge in [-0.25, -0.2) is 0 Å². The maximum atomic E-state index is 10.9. The van der Waals surface area contributed by atoms with Gasteiger partial charge in [-0.3, -0.25) is 0 Å². The van der Waals surface area contributed by atoms with Crippen molar-refractivity contribution in [2.45, 2.75) is 6.92 Å². The third-order valence-electron chi connectivity index (χ3n) is 1.14. The normalized spacial score (nSPS) is 9.64. The van der Waals surface area contributed by atoms with Gasteiger partial charge in [-0.05, 0) is 6.92 Å². The number of aromatic nitrogens is 1. The highest BCUT2D eigenvalue weighted by molar-refractivity contribution is 9.10. The Morgan fingerprint density at radius 1 is 1.73 bits per heavy atom. The van der Waals surface area contributed by atoms with Gasteiger partial charge in [-0.1, -0.05) is 15.9 Å². The lowest BCUT2D eigenvalue weighted by molar-refractivity contribution is -0.612. The summed E-state index contributed by atoms with van der Waals surface area (Å²) in [6, 6.07) is 3.30. The van der Waals surface area contributed by atoms with Crippen LogP contribution in [-0.2, 0) is 0 Å². The van der Waals surface area contributed by atoms with Crippen LogP contribution in [0.1, 0.15) is 6.92 Å². The molecule has 1 aromatic rings. The van der Waals surface area contributed by atoms with E-state index in [9.17, 15) is 5.21 Å². The van der Waals surface area contributed by atoms with Crippen LogP contribution in [0.15, 0.2) is 22.8 Å². The minimum absolute atomic E-state index is 0.321. The highest BCUT2D eigenvalue weighted by Crippen LogP contribution is 2.12. The third-order valence-corrected chi connectivity index (χ3v) is 1.63. The molecule has 0 saturated carbocycles. The Morgan fingerprint density at radius 2 is 2.45 bits per heavy atom. The van der Waals surface area contributed by atoms with Crippen molar-refractivity contribution in [3.05, 3.63) is 28.0 Å². The second-order valence-corrected chi connectivity index (χ2v) is 2.86. The molecule has 0 amide bonds. The van der Waals surface area contributed by atoms with Gasteiger partial charge in [-0.15, -0.1) is 4.73 Å². The molecule has 0 fully saturated rings. The number of nitrogens with zero attached hydrogens (tertiary/aromatic N) is 1. The molecule has 0 bridgehead atoms. The van der Waals surface area contributed by atoms with E-state index in [-0.39, 0.29) is 0 Å². The molecule has 0 aliphatic rings. The Balaban J connectivity index is 2.93. The first-order valence-electron chi connectivity index (χ1n) is 3.25. The number of hydrogen-bond acceptors (Lipinski definition) is 2. The molecule has 1 aromatic heterocycles. The van der Waals surface area contributed by atoms with Gasteiger partial charge in [-0.2, -0.15) is 0 Å². The molecular weight excluding hydrogens is 210 g/mol. The number of halogens is 1. The largest absolute Gasteiger partial charge is 0.616 e. The Labute approximate surface area is 73.3 Å². The number of hydrogen-bond donors (Lipinski definition) is 0. The van der Waals surface area contributed by atoms with Crippen LogP contribution in [0.2, 0.25) is 0 Å². The van der Waals surface area contributed by atoms with Gasteiger partial charge in [0.1, 0.15) is 0 Å². The fraction of sp³-hybridized carbons (Fsp3) is 0.286. The lowest BCUT2D eigenvalue weighted by Crippen LogP contribution is -2.28. The molecule has 0 atom stereocenters. The third kappa shape index (κ3) is 2.08. The highest BCUT2D eigenvalue weighted by atomic mass is 79.9. The maximum Gasteiger partial charge on any atom is 0.380 e. The van der Waals surface area contributed by atoms with Crippen molar-refractivity contribution in [3.63, 3.8) is 0 Å². The van der Waals surface area contributed by atoms with Crippen molar-refractivity contribution in [2.75, 3.05) is 6.61 Å². The zero-order valence-corrected chi connectivity index (χ0v) is 7.67. The molecule has 0 unspecified atom stereocenters. The Morgan fingerprint density at radius 3 is 3.09 bits per heavy atom. The molecule has 0 radical (unpaired) electrons. The second kappa shape index (κ2) is 3.57. The molecule has 1 rings (SSSR count). The lowest BCUT2D eigenvalue weighted by Gasteiger charge is -2.03. The maximum absolute atomic E-state index is 10.9. The van der Waals surface area contributed by atoms with E-state index in [0.717, 1.165) is 4.47 Å². The van der Waals surface area contributed by atoms with Gasteiger partial charge in [0.2, 0.25) is 0 Å². The first-order chi connectivity index (χ1) is 5.24. The van der Waals surface area contributed by atoms with Crippen LogP contribution in [0.4, 0.5) is 0 Å². The smallest absolute Gasteiger partial charge is 0.380 e. The molecule has 60 valence electrons. The predicted molar refractivity (Wildman–Crippen MR) is 44.3 cm³/mol. The van der Waals surface area contributed by atoms with Crippen LogP contribution in [0.25, 0.3) is 0 Å². The summed E-state index contributed by atoms with van der Waals surface area (Å²) in [4.78, 5) is 0. The van der Waals surface area contributed by atoms with Crippen molar-refractivity contribution < 1.29 is 9.47 Å². The summed E-state index contributed by atoms with van der Waals surface area (Å²) in [5.41, 5.74) is 0. The summed E-state index contributed by atoms with van der Waals surface area (Å²) in [5.74, 6) is 0.321. The van der Waals surface area contributed by atoms with E-state index in [4.69, 9.17) is 4.74 Å². The molecule has 0 saturated heterocycles. The Hall–Kier alpha value is -0.770. The Bertz CT molecular complexity index is 252. The molecule has 3 nitrogen and oxygen atoms in total. The fourth-order valence-corrected chi connectivity index (χ4v) is 1.01. The summed E-state index contributed by atoms with van der Waals surface area (Å²) < 4.78 is 6.57. The predicted octanol–water partition coefficient (Wildman–Crippen LogP) is 1.48. The van der Waals surface area contributed by atoms with Gasteiger partial charge in [0, 0.05) is 10.5 Å². The number of ether oxygens (including phenoxy) is 1. The molecule has 1 heterocycles. The van der Waals surface area contributed by atoms with Crippen molar-refractivity contribution >= 4 is 15.9 Å². The average Bonchev–Trinajstić information content (AvgIpc) is 1.98. The van der Waals surface area contributed by atoms with Crippen LogP contribution in [0, 0.1) is 5.21 Å². The molecule has 0 aromatic carbocycles. The van der Waals surface area contributed by atoms with E-state index >= 15 is 0 Å².